The average Bonchev–Trinajstić information content (AvgIpc) is 2.70. The van der Waals surface area contributed by atoms with E-state index in [1.165, 1.54) is 30.5 Å². The number of aromatic nitrogens is 1. The number of urea groups is 1. The van der Waals surface area contributed by atoms with Gasteiger partial charge in [0.25, 0.3) is 0 Å². The minimum absolute atomic E-state index is 0.216. The molecule has 0 unspecified atom stereocenters. The predicted octanol–water partition coefficient (Wildman–Crippen LogP) is 2.75. The molecule has 1 fully saturated rings. The Morgan fingerprint density at radius 1 is 1.11 bits per heavy atom. The molecule has 1 N–H and O–H groups in total. The third-order valence-electron chi connectivity index (χ3n) is 4.25. The van der Waals surface area contributed by atoms with Crippen molar-refractivity contribution in [3.8, 4) is 0 Å². The first kappa shape index (κ1) is 18.6. The molecule has 0 saturated carbocycles. The van der Waals surface area contributed by atoms with Crippen molar-refractivity contribution in [3.63, 3.8) is 0 Å². The largest absolute Gasteiger partial charge is 0.462 e. The molecule has 27 heavy (non-hydrogen) atoms. The van der Waals surface area contributed by atoms with Gasteiger partial charge in [0, 0.05) is 38.1 Å². The molecule has 1 aliphatic heterocycles. The number of anilines is 2. The second kappa shape index (κ2) is 8.48. The fourth-order valence-electron chi connectivity index (χ4n) is 2.78. The Kier molecular flexibility index (Phi) is 5.85. The summed E-state index contributed by atoms with van der Waals surface area (Å²) in [6, 6.07) is 8.91. The number of hydrogen-bond acceptors (Lipinski definition) is 5. The van der Waals surface area contributed by atoms with Crippen LogP contribution in [0.5, 0.6) is 0 Å². The van der Waals surface area contributed by atoms with E-state index in [1.54, 1.807) is 24.0 Å². The highest BCUT2D eigenvalue weighted by Crippen LogP contribution is 2.16. The lowest BCUT2D eigenvalue weighted by Gasteiger charge is -2.35. The van der Waals surface area contributed by atoms with Gasteiger partial charge in [-0.1, -0.05) is 0 Å². The van der Waals surface area contributed by atoms with Crippen molar-refractivity contribution in [3.05, 3.63) is 54.0 Å². The minimum atomic E-state index is -0.390. The lowest BCUT2D eigenvalue weighted by atomic mass is 10.2. The van der Waals surface area contributed by atoms with Crippen LogP contribution in [0.25, 0.3) is 0 Å². The molecule has 0 atom stereocenters. The standard InChI is InChI=1S/C19H21FN4O3/c1-2-27-18(25)14-3-8-17(21-13-14)23-9-11-24(12-10-23)19(26)22-16-6-4-15(20)5-7-16/h3-8,13H,2,9-12H2,1H3,(H,22,26). The normalized spacial score (nSPS) is 14.0. The first-order valence-corrected chi connectivity index (χ1v) is 8.76. The Morgan fingerprint density at radius 3 is 2.41 bits per heavy atom. The molecular formula is C19H21FN4O3. The van der Waals surface area contributed by atoms with Crippen molar-refractivity contribution in [1.29, 1.82) is 0 Å². The second-order valence-corrected chi connectivity index (χ2v) is 6.04. The molecule has 2 heterocycles. The lowest BCUT2D eigenvalue weighted by molar-refractivity contribution is 0.0526. The zero-order valence-electron chi connectivity index (χ0n) is 15.0. The van der Waals surface area contributed by atoms with Crippen LogP contribution in [0.4, 0.5) is 20.7 Å². The molecule has 2 amide bonds. The SMILES string of the molecule is CCOC(=O)c1ccc(N2CCN(C(=O)Nc3ccc(F)cc3)CC2)nc1. The van der Waals surface area contributed by atoms with Crippen LogP contribution in [-0.4, -0.2) is 54.7 Å². The number of carbonyl (C=O) groups excluding carboxylic acids is 2. The summed E-state index contributed by atoms with van der Waals surface area (Å²) >= 11 is 0. The fraction of sp³-hybridized carbons (Fsp3) is 0.316. The Hall–Kier alpha value is -3.16. The summed E-state index contributed by atoms with van der Waals surface area (Å²) in [7, 11) is 0. The Labute approximate surface area is 156 Å². The van der Waals surface area contributed by atoms with Crippen molar-refractivity contribution >= 4 is 23.5 Å². The van der Waals surface area contributed by atoms with Crippen molar-refractivity contribution in [2.24, 2.45) is 0 Å². The number of rotatable bonds is 4. The van der Waals surface area contributed by atoms with Crippen LogP contribution in [0.1, 0.15) is 17.3 Å². The van der Waals surface area contributed by atoms with E-state index >= 15 is 0 Å². The average molecular weight is 372 g/mol. The number of amides is 2. The van der Waals surface area contributed by atoms with E-state index in [0.29, 0.717) is 44.0 Å². The minimum Gasteiger partial charge on any atom is -0.462 e. The van der Waals surface area contributed by atoms with Crippen LogP contribution in [0.3, 0.4) is 0 Å². The van der Waals surface area contributed by atoms with Crippen molar-refractivity contribution in [2.75, 3.05) is 43.0 Å². The molecule has 2 aromatic rings. The van der Waals surface area contributed by atoms with Gasteiger partial charge in [-0.2, -0.15) is 0 Å². The van der Waals surface area contributed by atoms with Gasteiger partial charge in [-0.3, -0.25) is 0 Å². The van der Waals surface area contributed by atoms with E-state index in [2.05, 4.69) is 15.2 Å². The van der Waals surface area contributed by atoms with E-state index < -0.39 is 0 Å². The van der Waals surface area contributed by atoms with Gasteiger partial charge >= 0.3 is 12.0 Å². The van der Waals surface area contributed by atoms with Gasteiger partial charge in [0.2, 0.25) is 0 Å². The number of pyridine rings is 1. The van der Waals surface area contributed by atoms with E-state index in [9.17, 15) is 14.0 Å². The topological polar surface area (TPSA) is 74.8 Å². The number of piperazine rings is 1. The number of nitrogens with zero attached hydrogens (tertiary/aromatic N) is 3. The van der Waals surface area contributed by atoms with Crippen LogP contribution in [0.2, 0.25) is 0 Å². The molecular weight excluding hydrogens is 351 g/mol. The van der Waals surface area contributed by atoms with E-state index in [1.807, 2.05) is 0 Å². The second-order valence-electron chi connectivity index (χ2n) is 6.04. The van der Waals surface area contributed by atoms with Crippen LogP contribution >= 0.6 is 0 Å². The van der Waals surface area contributed by atoms with E-state index in [0.717, 1.165) is 5.82 Å². The first-order chi connectivity index (χ1) is 13.1. The monoisotopic (exact) mass is 372 g/mol. The molecule has 1 aromatic heterocycles. The van der Waals surface area contributed by atoms with Crippen molar-refractivity contribution in [1.82, 2.24) is 9.88 Å². The van der Waals surface area contributed by atoms with Gasteiger partial charge in [-0.15, -0.1) is 0 Å². The lowest BCUT2D eigenvalue weighted by Crippen LogP contribution is -2.50. The van der Waals surface area contributed by atoms with E-state index in [4.69, 9.17) is 4.74 Å². The summed E-state index contributed by atoms with van der Waals surface area (Å²) in [6.07, 6.45) is 1.50. The van der Waals surface area contributed by atoms with Gasteiger partial charge in [0.15, 0.2) is 0 Å². The summed E-state index contributed by atoms with van der Waals surface area (Å²) in [5.74, 6) is 0.0172. The van der Waals surface area contributed by atoms with E-state index in [-0.39, 0.29) is 17.8 Å². The highest BCUT2D eigenvalue weighted by Gasteiger charge is 2.22. The highest BCUT2D eigenvalue weighted by molar-refractivity contribution is 5.90. The van der Waals surface area contributed by atoms with Crippen LogP contribution in [0.15, 0.2) is 42.6 Å². The van der Waals surface area contributed by atoms with Crippen LogP contribution in [0, 0.1) is 5.82 Å². The predicted molar refractivity (Wildman–Crippen MR) is 99.4 cm³/mol. The first-order valence-electron chi connectivity index (χ1n) is 8.76. The summed E-state index contributed by atoms with van der Waals surface area (Å²) in [5, 5.41) is 2.76. The zero-order chi connectivity index (χ0) is 19.2. The molecule has 8 heteroatoms. The quantitative estimate of drug-likeness (QED) is 0.836. The maximum Gasteiger partial charge on any atom is 0.339 e. The van der Waals surface area contributed by atoms with Crippen molar-refractivity contribution in [2.45, 2.75) is 6.92 Å². The molecule has 0 bridgehead atoms. The molecule has 0 aliphatic carbocycles. The molecule has 7 nitrogen and oxygen atoms in total. The number of esters is 1. The highest BCUT2D eigenvalue weighted by atomic mass is 19.1. The Bertz CT molecular complexity index is 788. The number of benzene rings is 1. The van der Waals surface area contributed by atoms with Crippen LogP contribution in [-0.2, 0) is 4.74 Å². The number of nitrogens with one attached hydrogen (secondary N) is 1. The third-order valence-corrected chi connectivity index (χ3v) is 4.25. The summed E-state index contributed by atoms with van der Waals surface area (Å²) in [6.45, 7) is 4.40. The van der Waals surface area contributed by atoms with Gasteiger partial charge in [0.05, 0.1) is 12.2 Å². The number of hydrogen-bond donors (Lipinski definition) is 1. The smallest absolute Gasteiger partial charge is 0.339 e. The Balaban J connectivity index is 1.53. The summed E-state index contributed by atoms with van der Waals surface area (Å²) in [5.41, 5.74) is 0.970. The number of ether oxygens (including phenoxy) is 1. The molecule has 0 radical (unpaired) electrons. The molecule has 3 rings (SSSR count). The van der Waals surface area contributed by atoms with Gasteiger partial charge < -0.3 is 19.9 Å². The van der Waals surface area contributed by atoms with Crippen molar-refractivity contribution < 1.29 is 18.7 Å². The molecule has 1 saturated heterocycles. The maximum absolute atomic E-state index is 12.9. The summed E-state index contributed by atoms with van der Waals surface area (Å²) < 4.78 is 17.9. The third kappa shape index (κ3) is 4.72. The number of carbonyl (C=O) groups is 2. The zero-order valence-corrected chi connectivity index (χ0v) is 15.0. The van der Waals surface area contributed by atoms with Gasteiger partial charge in [-0.25, -0.2) is 19.0 Å². The molecule has 1 aromatic carbocycles. The number of halogens is 1. The summed E-state index contributed by atoms with van der Waals surface area (Å²) in [4.78, 5) is 32.1. The fourth-order valence-corrected chi connectivity index (χ4v) is 2.78. The molecule has 1 aliphatic rings. The van der Waals surface area contributed by atoms with Gasteiger partial charge in [-0.05, 0) is 43.3 Å². The molecule has 0 spiro atoms. The van der Waals surface area contributed by atoms with Crippen LogP contribution < -0.4 is 10.2 Å². The van der Waals surface area contributed by atoms with Gasteiger partial charge in [0.1, 0.15) is 11.6 Å². The maximum atomic E-state index is 12.9. The molecule has 142 valence electrons. The Morgan fingerprint density at radius 2 is 1.81 bits per heavy atom.